The molecule has 0 aliphatic carbocycles. The molecule has 0 amide bonds. The predicted molar refractivity (Wildman–Crippen MR) is 101 cm³/mol. The van der Waals surface area contributed by atoms with Crippen LogP contribution in [0.2, 0.25) is 0 Å². The number of carbonyl (C=O) groups excluding carboxylic acids is 1. The van der Waals surface area contributed by atoms with Gasteiger partial charge in [-0.25, -0.2) is 5.56 Å². The van der Waals surface area contributed by atoms with Gasteiger partial charge in [0.15, 0.2) is 0 Å². The van der Waals surface area contributed by atoms with Crippen molar-refractivity contribution in [3.8, 4) is 11.1 Å². The number of hydrogen-bond acceptors (Lipinski definition) is 2. The number of nitrogens with one attached hydrogen (secondary N) is 1. The third kappa shape index (κ3) is 7.36. The van der Waals surface area contributed by atoms with Crippen LogP contribution in [0.15, 0.2) is 78.9 Å². The van der Waals surface area contributed by atoms with Gasteiger partial charge in [-0.2, -0.15) is 42.8 Å². The summed E-state index contributed by atoms with van der Waals surface area (Å²) >= 11 is 0. The first-order valence-electron chi connectivity index (χ1n) is 7.93. The fourth-order valence-electron chi connectivity index (χ4n) is 2.16. The SMILES string of the molecule is COC(=O)C[CH-]c1ccccc1[NH-].[Na+].[c-]1ccc(-c2ccccc2)cc1. The summed E-state index contributed by atoms with van der Waals surface area (Å²) in [5.74, 6) is -0.289. The van der Waals surface area contributed by atoms with Crippen molar-refractivity contribution in [3.05, 3.63) is 103 Å². The first-order chi connectivity index (χ1) is 12.2. The molecule has 0 saturated heterocycles. The first kappa shape index (κ1) is 21.8. The van der Waals surface area contributed by atoms with Crippen LogP contribution in [0.1, 0.15) is 12.0 Å². The molecule has 3 aromatic rings. The van der Waals surface area contributed by atoms with Crippen molar-refractivity contribution in [2.75, 3.05) is 7.11 Å². The molecule has 4 heteroatoms. The molecule has 0 spiro atoms. The predicted octanol–water partition coefficient (Wildman–Crippen LogP) is 2.64. The van der Waals surface area contributed by atoms with Gasteiger partial charge in [-0.15, -0.1) is 17.7 Å². The molecule has 3 rings (SSSR count). The van der Waals surface area contributed by atoms with Gasteiger partial charge in [0, 0.05) is 6.42 Å². The molecule has 0 saturated carbocycles. The summed E-state index contributed by atoms with van der Waals surface area (Å²) in [5, 5.41) is 0. The zero-order chi connectivity index (χ0) is 17.9. The van der Waals surface area contributed by atoms with Crippen molar-refractivity contribution >= 4 is 11.7 Å². The molecule has 0 aromatic heterocycles. The Morgan fingerprint density at radius 2 is 1.54 bits per heavy atom. The molecule has 1 N–H and O–H groups in total. The minimum absolute atomic E-state index is 0. The van der Waals surface area contributed by atoms with Crippen molar-refractivity contribution in [2.45, 2.75) is 6.42 Å². The molecule has 0 fully saturated rings. The van der Waals surface area contributed by atoms with Crippen LogP contribution in [0.25, 0.3) is 16.9 Å². The number of methoxy groups -OCH3 is 1. The van der Waals surface area contributed by atoms with Crippen molar-refractivity contribution in [3.63, 3.8) is 0 Å². The van der Waals surface area contributed by atoms with Crippen molar-refractivity contribution < 1.29 is 39.1 Å². The molecule has 0 aliphatic heterocycles. The van der Waals surface area contributed by atoms with E-state index in [0.717, 1.165) is 5.56 Å². The zero-order valence-corrected chi connectivity index (χ0v) is 17.1. The summed E-state index contributed by atoms with van der Waals surface area (Å²) in [4.78, 5) is 10.8. The van der Waals surface area contributed by atoms with Crippen LogP contribution in [-0.4, -0.2) is 13.1 Å². The average Bonchev–Trinajstić information content (AvgIpc) is 2.69. The topological polar surface area (TPSA) is 50.1 Å². The standard InChI is InChI=1S/C12H9.C10H11NO2.Na/c1-3-7-11(8-4-1)12-9-5-2-6-10-12;1-13-10(12)7-6-8-4-2-3-5-9(8)11;/h1,3-10H;2-6,11H,7H2,1H3;/q-1;-2;+1. The maximum atomic E-state index is 10.8. The summed E-state index contributed by atoms with van der Waals surface area (Å²) in [6, 6.07) is 28.4. The third-order valence-corrected chi connectivity index (χ3v) is 3.50. The number of esters is 1. The minimum atomic E-state index is -0.289. The van der Waals surface area contributed by atoms with E-state index in [-0.39, 0.29) is 41.9 Å². The normalized spacial score (nSPS) is 9.12. The number of ether oxygens (including phenoxy) is 1. The van der Waals surface area contributed by atoms with E-state index in [4.69, 9.17) is 5.73 Å². The van der Waals surface area contributed by atoms with Gasteiger partial charge in [0.05, 0.1) is 7.11 Å². The van der Waals surface area contributed by atoms with Crippen LogP contribution >= 0.6 is 0 Å². The molecular weight excluding hydrogens is 333 g/mol. The Morgan fingerprint density at radius 1 is 0.962 bits per heavy atom. The molecule has 128 valence electrons. The van der Waals surface area contributed by atoms with Gasteiger partial charge >= 0.3 is 29.6 Å². The summed E-state index contributed by atoms with van der Waals surface area (Å²) < 4.78 is 4.48. The van der Waals surface area contributed by atoms with E-state index in [2.05, 4.69) is 35.1 Å². The maximum Gasteiger partial charge on any atom is 1.00 e. The van der Waals surface area contributed by atoms with Crippen molar-refractivity contribution in [2.24, 2.45) is 0 Å². The smallest absolute Gasteiger partial charge is 0.756 e. The van der Waals surface area contributed by atoms with Crippen LogP contribution in [0.4, 0.5) is 5.69 Å². The Balaban J connectivity index is 0.000000251. The van der Waals surface area contributed by atoms with Gasteiger partial charge in [-0.05, 0) is 5.56 Å². The number of carbonyl (C=O) groups is 1. The fourth-order valence-corrected chi connectivity index (χ4v) is 2.16. The summed E-state index contributed by atoms with van der Waals surface area (Å²) in [7, 11) is 1.35. The minimum Gasteiger partial charge on any atom is -0.756 e. The molecule has 0 bridgehead atoms. The Labute approximate surface area is 177 Å². The van der Waals surface area contributed by atoms with Gasteiger partial charge in [-0.3, -0.25) is 10.5 Å². The average molecular weight is 353 g/mol. The van der Waals surface area contributed by atoms with E-state index in [0.29, 0.717) is 5.69 Å². The van der Waals surface area contributed by atoms with Crippen LogP contribution in [0.3, 0.4) is 0 Å². The molecule has 0 atom stereocenters. The van der Waals surface area contributed by atoms with Gasteiger partial charge in [0.1, 0.15) is 0 Å². The van der Waals surface area contributed by atoms with E-state index in [1.54, 1.807) is 24.6 Å². The zero-order valence-electron chi connectivity index (χ0n) is 15.1. The molecule has 26 heavy (non-hydrogen) atoms. The number of rotatable bonds is 4. The van der Waals surface area contributed by atoms with Gasteiger partial charge < -0.3 is 10.5 Å². The number of hydrogen-bond donors (Lipinski definition) is 0. The van der Waals surface area contributed by atoms with Crippen molar-refractivity contribution in [1.82, 2.24) is 0 Å². The first-order valence-corrected chi connectivity index (χ1v) is 7.93. The van der Waals surface area contributed by atoms with Crippen LogP contribution in [0.5, 0.6) is 0 Å². The fraction of sp³-hybridized carbons (Fsp3) is 0.0909. The van der Waals surface area contributed by atoms with E-state index in [1.807, 2.05) is 36.4 Å². The van der Waals surface area contributed by atoms with E-state index in [9.17, 15) is 4.79 Å². The van der Waals surface area contributed by atoms with E-state index < -0.39 is 0 Å². The Bertz CT molecular complexity index is 739. The Morgan fingerprint density at radius 3 is 2.15 bits per heavy atom. The van der Waals surface area contributed by atoms with Crippen LogP contribution in [0, 0.1) is 12.5 Å². The van der Waals surface area contributed by atoms with Gasteiger partial charge in [-0.1, -0.05) is 36.4 Å². The summed E-state index contributed by atoms with van der Waals surface area (Å²) in [6.45, 7) is 0. The second-order valence-electron chi connectivity index (χ2n) is 5.23. The molecular formula is C22H20NNaO2-2. The molecule has 3 aromatic carbocycles. The van der Waals surface area contributed by atoms with Gasteiger partial charge in [0.25, 0.3) is 5.97 Å². The molecule has 3 nitrogen and oxygen atoms in total. The van der Waals surface area contributed by atoms with E-state index >= 15 is 0 Å². The monoisotopic (exact) mass is 353 g/mol. The molecule has 0 radical (unpaired) electrons. The molecule has 0 unspecified atom stereocenters. The molecule has 0 aliphatic rings. The quantitative estimate of drug-likeness (QED) is 0.411. The van der Waals surface area contributed by atoms with Crippen molar-refractivity contribution in [1.29, 1.82) is 0 Å². The Kier molecular flexibility index (Phi) is 10.3. The van der Waals surface area contributed by atoms with E-state index in [1.165, 1.54) is 18.2 Å². The second-order valence-corrected chi connectivity index (χ2v) is 5.23. The summed E-state index contributed by atoms with van der Waals surface area (Å²) in [5.41, 5.74) is 11.2. The third-order valence-electron chi connectivity index (χ3n) is 3.50. The number of benzene rings is 3. The Hall–Kier alpha value is -2.20. The summed E-state index contributed by atoms with van der Waals surface area (Å²) in [6.07, 6.45) is 1.90. The largest absolute Gasteiger partial charge is 1.00 e. The van der Waals surface area contributed by atoms with Crippen LogP contribution in [-0.2, 0) is 9.53 Å². The van der Waals surface area contributed by atoms with Gasteiger partial charge in [0.2, 0.25) is 0 Å². The maximum absolute atomic E-state index is 10.8. The second kappa shape index (κ2) is 12.2. The van der Waals surface area contributed by atoms with Crippen LogP contribution < -0.4 is 29.6 Å². The molecule has 0 heterocycles.